The third kappa shape index (κ3) is 8.76. The van der Waals surface area contributed by atoms with Gasteiger partial charge in [-0.1, -0.05) is 0 Å². The second kappa shape index (κ2) is 5.92. The van der Waals surface area contributed by atoms with Crippen molar-refractivity contribution in [1.29, 1.82) is 0 Å². The Bertz CT molecular complexity index is 238. The van der Waals surface area contributed by atoms with Crippen LogP contribution in [0.15, 0.2) is 0 Å². The lowest BCUT2D eigenvalue weighted by Gasteiger charge is -2.36. The molecule has 5 nitrogen and oxygen atoms in total. The summed E-state index contributed by atoms with van der Waals surface area (Å²) in [6.45, 7) is 6.35. The van der Waals surface area contributed by atoms with Gasteiger partial charge >= 0.3 is 0 Å². The van der Waals surface area contributed by atoms with Gasteiger partial charge in [0.05, 0.1) is 26.7 Å². The predicted molar refractivity (Wildman–Crippen MR) is 56.1 cm³/mol. The summed E-state index contributed by atoms with van der Waals surface area (Å²) in [5.74, 6) is 2.73. The molecule has 0 unspecified atom stereocenters. The Morgan fingerprint density at radius 2 is 1.79 bits per heavy atom. The average Bonchev–Trinajstić information content (AvgIpc) is 2.03. The van der Waals surface area contributed by atoms with Crippen LogP contribution in [-0.2, 0) is 10.4 Å². The van der Waals surface area contributed by atoms with Crippen LogP contribution >= 0.6 is 11.8 Å². The van der Waals surface area contributed by atoms with Crippen LogP contribution in [0.5, 0.6) is 0 Å². The first-order valence-corrected chi connectivity index (χ1v) is 6.88. The van der Waals surface area contributed by atoms with Crippen LogP contribution in [0.2, 0.25) is 0 Å². The van der Waals surface area contributed by atoms with Gasteiger partial charge in [0.1, 0.15) is 0 Å². The summed E-state index contributed by atoms with van der Waals surface area (Å²) in [6, 6.07) is 0. The van der Waals surface area contributed by atoms with Gasteiger partial charge in [0.2, 0.25) is 10.4 Å². The first-order chi connectivity index (χ1) is 6.27. The van der Waals surface area contributed by atoms with Gasteiger partial charge in [-0.2, -0.15) is 11.8 Å². The topological polar surface area (TPSA) is 77.4 Å². The highest BCUT2D eigenvalue weighted by molar-refractivity contribution is 7.99. The van der Waals surface area contributed by atoms with Crippen molar-refractivity contribution in [2.45, 2.75) is 6.92 Å². The lowest BCUT2D eigenvalue weighted by atomic mass is 10.4. The number of thioether (sulfide) groups is 1. The molecule has 1 saturated heterocycles. The van der Waals surface area contributed by atoms with Gasteiger partial charge in [-0.05, 0) is 6.92 Å². The maximum Gasteiger partial charge on any atom is 0.215 e. The van der Waals surface area contributed by atoms with Crippen molar-refractivity contribution in [3.63, 3.8) is 0 Å². The van der Waals surface area contributed by atoms with Crippen molar-refractivity contribution in [1.82, 2.24) is 0 Å². The second-order valence-corrected chi connectivity index (χ2v) is 5.50. The summed E-state index contributed by atoms with van der Waals surface area (Å²) in [7, 11) is -2.56. The Morgan fingerprint density at radius 1 is 1.43 bits per heavy atom. The minimum Gasteiger partial charge on any atom is -0.726 e. The molecule has 0 spiro atoms. The first kappa shape index (κ1) is 14.2. The van der Waals surface area contributed by atoms with Crippen LogP contribution in [0.25, 0.3) is 0 Å². The van der Waals surface area contributed by atoms with E-state index in [1.165, 1.54) is 35.6 Å². The predicted octanol–water partition coefficient (Wildman–Crippen LogP) is 0.204. The molecule has 7 heteroatoms. The third-order valence-electron chi connectivity index (χ3n) is 2.31. The summed E-state index contributed by atoms with van der Waals surface area (Å²) in [6.07, 6.45) is 0. The van der Waals surface area contributed by atoms with E-state index in [1.54, 1.807) is 0 Å². The highest BCUT2D eigenvalue weighted by Gasteiger charge is 2.21. The summed E-state index contributed by atoms with van der Waals surface area (Å²) in [5, 5.41) is 0. The summed E-state index contributed by atoms with van der Waals surface area (Å²) >= 11 is 2.10. The monoisotopic (exact) mass is 243 g/mol. The van der Waals surface area contributed by atoms with Gasteiger partial charge in [-0.15, -0.1) is 0 Å². The van der Waals surface area contributed by atoms with Crippen LogP contribution < -0.4 is 0 Å². The molecule has 1 aliphatic rings. The molecular weight excluding hydrogens is 226 g/mol. The van der Waals surface area contributed by atoms with E-state index in [1.807, 2.05) is 0 Å². The smallest absolute Gasteiger partial charge is 0.215 e. The molecule has 86 valence electrons. The van der Waals surface area contributed by atoms with Gasteiger partial charge in [0.15, 0.2) is 0 Å². The number of quaternary nitrogens is 1. The quantitative estimate of drug-likeness (QED) is 0.404. The maximum absolute atomic E-state index is 8.63. The Kier molecular flexibility index (Phi) is 5.99. The van der Waals surface area contributed by atoms with E-state index in [-0.39, 0.29) is 0 Å². The zero-order valence-electron chi connectivity index (χ0n) is 8.47. The molecule has 14 heavy (non-hydrogen) atoms. The average molecular weight is 243 g/mol. The molecule has 0 bridgehead atoms. The first-order valence-electron chi connectivity index (χ1n) is 4.36. The molecule has 1 rings (SSSR count). The molecule has 1 N–H and O–H groups in total. The second-order valence-electron chi connectivity index (χ2n) is 3.42. The maximum atomic E-state index is 8.63. The largest absolute Gasteiger partial charge is 0.726 e. The lowest BCUT2D eigenvalue weighted by molar-refractivity contribution is -0.904. The van der Waals surface area contributed by atoms with E-state index in [2.05, 4.69) is 25.7 Å². The van der Waals surface area contributed by atoms with Crippen molar-refractivity contribution in [2.75, 3.05) is 38.2 Å². The number of rotatable bonds is 1. The van der Waals surface area contributed by atoms with Crippen LogP contribution in [0, 0.1) is 0 Å². The minimum atomic E-state index is -4.92. The SMILES string of the molecule is CC[N+]1(C)CCSCC1.O=S(=O)([O-])O. The Hall–Kier alpha value is 0.180. The minimum absolute atomic E-state index is 1.30. The fourth-order valence-electron chi connectivity index (χ4n) is 1.10. The zero-order chi connectivity index (χ0) is 11.2. The molecule has 0 saturated carbocycles. The van der Waals surface area contributed by atoms with E-state index in [4.69, 9.17) is 17.5 Å². The highest BCUT2D eigenvalue weighted by Crippen LogP contribution is 2.14. The molecule has 0 atom stereocenters. The van der Waals surface area contributed by atoms with E-state index >= 15 is 0 Å². The van der Waals surface area contributed by atoms with Crippen LogP contribution in [0.1, 0.15) is 6.92 Å². The van der Waals surface area contributed by atoms with Gasteiger partial charge in [-0.3, -0.25) is 4.55 Å². The number of nitrogens with zero attached hydrogens (tertiary/aromatic N) is 1. The highest BCUT2D eigenvalue weighted by atomic mass is 32.3. The van der Waals surface area contributed by atoms with Crippen LogP contribution in [-0.4, -0.2) is 60.2 Å². The molecular formula is C7H17NO4S2. The van der Waals surface area contributed by atoms with Gasteiger partial charge in [-0.25, -0.2) is 8.42 Å². The summed E-state index contributed by atoms with van der Waals surface area (Å²) < 4.78 is 34.1. The molecule has 0 aliphatic carbocycles. The summed E-state index contributed by atoms with van der Waals surface area (Å²) in [4.78, 5) is 0. The molecule has 0 amide bonds. The van der Waals surface area contributed by atoms with Crippen LogP contribution in [0.3, 0.4) is 0 Å². The van der Waals surface area contributed by atoms with Crippen molar-refractivity contribution < 1.29 is 22.0 Å². The number of hydrogen-bond donors (Lipinski definition) is 1. The van der Waals surface area contributed by atoms with E-state index in [9.17, 15) is 0 Å². The molecule has 0 radical (unpaired) electrons. The van der Waals surface area contributed by atoms with Gasteiger partial charge in [0.25, 0.3) is 0 Å². The van der Waals surface area contributed by atoms with Gasteiger partial charge < -0.3 is 9.04 Å². The molecule has 1 aliphatic heterocycles. The molecule has 0 aromatic heterocycles. The van der Waals surface area contributed by atoms with Gasteiger partial charge in [0, 0.05) is 11.5 Å². The molecule has 0 aromatic rings. The lowest BCUT2D eigenvalue weighted by Crippen LogP contribution is -2.49. The Balaban J connectivity index is 0.000000292. The Labute approximate surface area is 89.7 Å². The third-order valence-corrected chi connectivity index (χ3v) is 3.26. The van der Waals surface area contributed by atoms with Crippen LogP contribution in [0.4, 0.5) is 0 Å². The van der Waals surface area contributed by atoms with Crippen molar-refractivity contribution >= 4 is 22.2 Å². The zero-order valence-corrected chi connectivity index (χ0v) is 10.1. The molecule has 0 aromatic carbocycles. The number of hydrogen-bond acceptors (Lipinski definition) is 4. The molecule has 1 heterocycles. The summed E-state index contributed by atoms with van der Waals surface area (Å²) in [5.41, 5.74) is 0. The van der Waals surface area contributed by atoms with E-state index < -0.39 is 10.4 Å². The fourth-order valence-corrected chi connectivity index (χ4v) is 2.44. The molecule has 1 fully saturated rings. The van der Waals surface area contributed by atoms with Crippen molar-refractivity contribution in [3.05, 3.63) is 0 Å². The standard InChI is InChI=1S/C7H16NS.H2O4S/c1-3-8(2)4-6-9-7-5-8;1-5(2,3)4/h3-7H2,1-2H3;(H2,1,2,3,4)/q+1;/p-1. The fraction of sp³-hybridized carbons (Fsp3) is 1.00. The van der Waals surface area contributed by atoms with Crippen molar-refractivity contribution in [3.8, 4) is 0 Å². The van der Waals surface area contributed by atoms with Crippen molar-refractivity contribution in [2.24, 2.45) is 0 Å². The van der Waals surface area contributed by atoms with E-state index in [0.717, 1.165) is 0 Å². The normalized spacial score (nSPS) is 20.9. The Morgan fingerprint density at radius 3 is 2.00 bits per heavy atom. The van der Waals surface area contributed by atoms with E-state index in [0.29, 0.717) is 0 Å².